The summed E-state index contributed by atoms with van der Waals surface area (Å²) in [6.07, 6.45) is 6.26. The highest BCUT2D eigenvalue weighted by molar-refractivity contribution is 5.75. The number of unbranched alkanes of at least 4 members (excludes halogenated alkanes) is 1. The zero-order valence-electron chi connectivity index (χ0n) is 13.5. The summed E-state index contributed by atoms with van der Waals surface area (Å²) in [4.78, 5) is 13.4. The van der Waals surface area contributed by atoms with E-state index in [4.69, 9.17) is 5.73 Å². The lowest BCUT2D eigenvalue weighted by Gasteiger charge is -2.38. The first-order valence-corrected chi connectivity index (χ1v) is 8.25. The van der Waals surface area contributed by atoms with Gasteiger partial charge in [0.05, 0.1) is 6.54 Å². The maximum absolute atomic E-state index is 11.2. The molecule has 1 fully saturated rings. The van der Waals surface area contributed by atoms with E-state index < -0.39 is 0 Å². The van der Waals surface area contributed by atoms with Gasteiger partial charge >= 0.3 is 0 Å². The van der Waals surface area contributed by atoms with Crippen LogP contribution in [0.15, 0.2) is 0 Å². The fraction of sp³-hybridized carbons (Fsp3) is 0.938. The molecule has 2 unspecified atom stereocenters. The van der Waals surface area contributed by atoms with E-state index in [1.165, 1.54) is 32.1 Å². The number of primary amides is 1. The summed E-state index contributed by atoms with van der Waals surface area (Å²) in [5.74, 6) is 1.24. The highest BCUT2D eigenvalue weighted by Crippen LogP contribution is 2.22. The molecule has 2 atom stereocenters. The summed E-state index contributed by atoms with van der Waals surface area (Å²) in [5, 5.41) is 3.67. The molecule has 0 bridgehead atoms. The Kier molecular flexibility index (Phi) is 8.15. The van der Waals surface area contributed by atoms with Gasteiger partial charge in [-0.05, 0) is 37.6 Å². The van der Waals surface area contributed by atoms with Crippen LogP contribution >= 0.6 is 0 Å². The number of nitrogens with zero attached hydrogens (tertiary/aromatic N) is 1. The van der Waals surface area contributed by atoms with Crippen molar-refractivity contribution in [3.63, 3.8) is 0 Å². The quantitative estimate of drug-likeness (QED) is 0.680. The molecule has 4 nitrogen and oxygen atoms in total. The van der Waals surface area contributed by atoms with Gasteiger partial charge in [0.25, 0.3) is 0 Å². The second-order valence-corrected chi connectivity index (χ2v) is 6.74. The molecule has 1 aliphatic rings. The number of nitrogens with two attached hydrogens (primary N) is 1. The largest absolute Gasteiger partial charge is 0.369 e. The third-order valence-corrected chi connectivity index (χ3v) is 4.11. The van der Waals surface area contributed by atoms with E-state index in [1.807, 2.05) is 0 Å². The van der Waals surface area contributed by atoms with Gasteiger partial charge in [-0.1, -0.05) is 33.6 Å². The minimum Gasteiger partial charge on any atom is -0.369 e. The van der Waals surface area contributed by atoms with Crippen molar-refractivity contribution < 1.29 is 4.79 Å². The van der Waals surface area contributed by atoms with Gasteiger partial charge in [0.15, 0.2) is 0 Å². The lowest BCUT2D eigenvalue weighted by Crippen LogP contribution is -2.51. The van der Waals surface area contributed by atoms with E-state index >= 15 is 0 Å². The fourth-order valence-corrected chi connectivity index (χ4v) is 3.08. The Morgan fingerprint density at radius 3 is 2.75 bits per heavy atom. The van der Waals surface area contributed by atoms with Crippen LogP contribution in [0.3, 0.4) is 0 Å². The molecule has 0 aliphatic carbocycles. The summed E-state index contributed by atoms with van der Waals surface area (Å²) in [7, 11) is 0. The van der Waals surface area contributed by atoms with Crippen molar-refractivity contribution in [3.05, 3.63) is 0 Å². The van der Waals surface area contributed by atoms with Gasteiger partial charge in [0, 0.05) is 19.1 Å². The lowest BCUT2D eigenvalue weighted by molar-refractivity contribution is -0.119. The number of carbonyl (C=O) groups excluding carboxylic acids is 1. The zero-order valence-corrected chi connectivity index (χ0v) is 13.5. The van der Waals surface area contributed by atoms with Crippen LogP contribution in [0.5, 0.6) is 0 Å². The van der Waals surface area contributed by atoms with Gasteiger partial charge in [0.2, 0.25) is 5.91 Å². The molecule has 4 heteroatoms. The van der Waals surface area contributed by atoms with E-state index in [0.717, 1.165) is 25.6 Å². The first kappa shape index (κ1) is 17.4. The average Bonchev–Trinajstić information content (AvgIpc) is 2.35. The van der Waals surface area contributed by atoms with E-state index in [9.17, 15) is 4.79 Å². The predicted molar refractivity (Wildman–Crippen MR) is 84.5 cm³/mol. The van der Waals surface area contributed by atoms with Gasteiger partial charge in [0.1, 0.15) is 0 Å². The molecule has 20 heavy (non-hydrogen) atoms. The van der Waals surface area contributed by atoms with Gasteiger partial charge in [-0.15, -0.1) is 0 Å². The molecule has 0 spiro atoms. The van der Waals surface area contributed by atoms with Crippen LogP contribution in [0.25, 0.3) is 0 Å². The molecule has 0 aromatic heterocycles. The van der Waals surface area contributed by atoms with Crippen molar-refractivity contribution in [3.8, 4) is 0 Å². The number of rotatable bonds is 9. The molecule has 1 rings (SSSR count). The maximum atomic E-state index is 11.2. The molecule has 1 heterocycles. The molecule has 0 aromatic rings. The van der Waals surface area contributed by atoms with Crippen molar-refractivity contribution in [2.75, 3.05) is 26.2 Å². The molecule has 0 radical (unpaired) electrons. The van der Waals surface area contributed by atoms with E-state index in [1.54, 1.807) is 0 Å². The highest BCUT2D eigenvalue weighted by atomic mass is 16.1. The first-order valence-electron chi connectivity index (χ1n) is 8.25. The summed E-state index contributed by atoms with van der Waals surface area (Å²) in [6, 6.07) is 0.517. The van der Waals surface area contributed by atoms with Crippen LogP contribution in [0, 0.1) is 11.8 Å². The summed E-state index contributed by atoms with van der Waals surface area (Å²) in [5.41, 5.74) is 5.35. The third kappa shape index (κ3) is 7.25. The maximum Gasteiger partial charge on any atom is 0.231 e. The Morgan fingerprint density at radius 1 is 1.40 bits per heavy atom. The van der Waals surface area contributed by atoms with Crippen LogP contribution in [0.1, 0.15) is 52.9 Å². The molecule has 118 valence electrons. The summed E-state index contributed by atoms with van der Waals surface area (Å²) < 4.78 is 0. The second-order valence-electron chi connectivity index (χ2n) is 6.74. The second kappa shape index (κ2) is 9.35. The van der Waals surface area contributed by atoms with Crippen LogP contribution in [-0.2, 0) is 4.79 Å². The number of nitrogens with one attached hydrogen (secondary N) is 1. The number of amides is 1. The van der Waals surface area contributed by atoms with Gasteiger partial charge in [-0.25, -0.2) is 0 Å². The van der Waals surface area contributed by atoms with Crippen molar-refractivity contribution in [1.29, 1.82) is 0 Å². The lowest BCUT2D eigenvalue weighted by atomic mass is 9.89. The Bertz CT molecular complexity index is 281. The Hall–Kier alpha value is -0.610. The Labute approximate surface area is 124 Å². The standard InChI is InChI=1S/C16H33N3O/c1-4-5-6-14-9-15(18-8-7-13(2)3)11-19(10-14)12-16(17)20/h13-15,18H,4-12H2,1-3H3,(H2,17,20). The fourth-order valence-electron chi connectivity index (χ4n) is 3.08. The number of piperidine rings is 1. The van der Waals surface area contributed by atoms with Crippen molar-refractivity contribution in [2.24, 2.45) is 17.6 Å². The molecule has 1 amide bonds. The molecular formula is C16H33N3O. The summed E-state index contributed by atoms with van der Waals surface area (Å²) in [6.45, 7) is 10.2. The molecule has 1 saturated heterocycles. The average molecular weight is 283 g/mol. The molecular weight excluding hydrogens is 250 g/mol. The Morgan fingerprint density at radius 2 is 2.15 bits per heavy atom. The summed E-state index contributed by atoms with van der Waals surface area (Å²) >= 11 is 0. The molecule has 0 saturated carbocycles. The highest BCUT2D eigenvalue weighted by Gasteiger charge is 2.27. The van der Waals surface area contributed by atoms with Crippen LogP contribution < -0.4 is 11.1 Å². The van der Waals surface area contributed by atoms with Crippen molar-refractivity contribution in [2.45, 2.75) is 58.9 Å². The number of likely N-dealkylation sites (tertiary alicyclic amines) is 1. The monoisotopic (exact) mass is 283 g/mol. The number of hydrogen-bond acceptors (Lipinski definition) is 3. The van der Waals surface area contributed by atoms with Crippen LogP contribution in [0.2, 0.25) is 0 Å². The third-order valence-electron chi connectivity index (χ3n) is 4.11. The van der Waals surface area contributed by atoms with Gasteiger partial charge in [-0.2, -0.15) is 0 Å². The smallest absolute Gasteiger partial charge is 0.231 e. The minimum absolute atomic E-state index is 0.206. The first-order chi connectivity index (χ1) is 9.51. The van der Waals surface area contributed by atoms with Crippen molar-refractivity contribution >= 4 is 5.91 Å². The molecule has 1 aliphatic heterocycles. The van der Waals surface area contributed by atoms with E-state index in [-0.39, 0.29) is 5.91 Å². The minimum atomic E-state index is -0.206. The van der Waals surface area contributed by atoms with Gasteiger partial charge < -0.3 is 11.1 Å². The van der Waals surface area contributed by atoms with Crippen molar-refractivity contribution in [1.82, 2.24) is 10.2 Å². The molecule has 0 aromatic carbocycles. The predicted octanol–water partition coefficient (Wildman–Crippen LogP) is 1.99. The number of carbonyl (C=O) groups is 1. The number of hydrogen-bond donors (Lipinski definition) is 2. The van der Waals surface area contributed by atoms with E-state index in [2.05, 4.69) is 31.0 Å². The van der Waals surface area contributed by atoms with Crippen LogP contribution in [0.4, 0.5) is 0 Å². The topological polar surface area (TPSA) is 58.4 Å². The normalized spacial score (nSPS) is 24.2. The van der Waals surface area contributed by atoms with Gasteiger partial charge in [-0.3, -0.25) is 9.69 Å². The van der Waals surface area contributed by atoms with E-state index in [0.29, 0.717) is 18.5 Å². The van der Waals surface area contributed by atoms with Crippen LogP contribution in [-0.4, -0.2) is 43.0 Å². The zero-order chi connectivity index (χ0) is 15.0. The Balaban J connectivity index is 2.43. The SMILES string of the molecule is CCCCC1CC(NCCC(C)C)CN(CC(N)=O)C1. The molecule has 3 N–H and O–H groups in total.